The third-order valence-electron chi connectivity index (χ3n) is 5.50. The van der Waals surface area contributed by atoms with E-state index < -0.39 is 10.0 Å². The van der Waals surface area contributed by atoms with E-state index in [4.69, 9.17) is 0 Å². The van der Waals surface area contributed by atoms with E-state index in [2.05, 4.69) is 46.9 Å². The van der Waals surface area contributed by atoms with Crippen LogP contribution in [0.1, 0.15) is 73.6 Å². The SMILES string of the molecule is CC(C)(C)C1CCCCN1.CC(C)(C)C1CCN(S(C)(=O)=O)CC1. The molecule has 0 aromatic heterocycles. The summed E-state index contributed by atoms with van der Waals surface area (Å²) in [6.07, 6.45) is 7.43. The summed E-state index contributed by atoms with van der Waals surface area (Å²) in [5, 5.41) is 3.56. The van der Waals surface area contributed by atoms with Crippen LogP contribution in [0.3, 0.4) is 0 Å². The number of nitrogens with one attached hydrogen (secondary N) is 1. The van der Waals surface area contributed by atoms with Gasteiger partial charge in [-0.15, -0.1) is 0 Å². The molecule has 2 rings (SSSR count). The molecular weight excluding hydrogens is 320 g/mol. The third-order valence-corrected chi connectivity index (χ3v) is 6.81. The first-order valence-corrected chi connectivity index (χ1v) is 11.3. The predicted octanol–water partition coefficient (Wildman–Crippen LogP) is 3.88. The Hall–Kier alpha value is -0.130. The number of rotatable bonds is 1. The smallest absolute Gasteiger partial charge is 0.211 e. The summed E-state index contributed by atoms with van der Waals surface area (Å²) >= 11 is 0. The average molecular weight is 361 g/mol. The van der Waals surface area contributed by atoms with E-state index in [-0.39, 0.29) is 0 Å². The minimum Gasteiger partial charge on any atom is -0.313 e. The van der Waals surface area contributed by atoms with Crippen molar-refractivity contribution >= 4 is 10.0 Å². The molecule has 2 heterocycles. The van der Waals surface area contributed by atoms with Gasteiger partial charge in [-0.25, -0.2) is 12.7 Å². The van der Waals surface area contributed by atoms with Gasteiger partial charge in [-0.1, -0.05) is 48.0 Å². The van der Waals surface area contributed by atoms with Crippen molar-refractivity contribution in [2.45, 2.75) is 79.7 Å². The first kappa shape index (κ1) is 21.9. The Morgan fingerprint density at radius 1 is 0.875 bits per heavy atom. The van der Waals surface area contributed by atoms with Gasteiger partial charge in [0.25, 0.3) is 0 Å². The van der Waals surface area contributed by atoms with Gasteiger partial charge in [-0.2, -0.15) is 0 Å². The highest BCUT2D eigenvalue weighted by molar-refractivity contribution is 7.88. The molecule has 24 heavy (non-hydrogen) atoms. The monoisotopic (exact) mass is 360 g/mol. The molecule has 1 atom stereocenters. The quantitative estimate of drug-likeness (QED) is 0.772. The lowest BCUT2D eigenvalue weighted by molar-refractivity contribution is 0.154. The van der Waals surface area contributed by atoms with E-state index in [1.54, 1.807) is 4.31 Å². The second-order valence-electron chi connectivity index (χ2n) is 9.67. The largest absolute Gasteiger partial charge is 0.313 e. The van der Waals surface area contributed by atoms with Crippen molar-refractivity contribution in [3.8, 4) is 0 Å². The molecule has 4 nitrogen and oxygen atoms in total. The van der Waals surface area contributed by atoms with E-state index in [9.17, 15) is 8.42 Å². The fourth-order valence-corrected chi connectivity index (χ4v) is 4.52. The molecule has 0 aromatic carbocycles. The van der Waals surface area contributed by atoms with E-state index >= 15 is 0 Å². The molecule has 2 aliphatic rings. The van der Waals surface area contributed by atoms with Crippen molar-refractivity contribution in [2.24, 2.45) is 16.7 Å². The molecule has 0 saturated carbocycles. The highest BCUT2D eigenvalue weighted by Gasteiger charge is 2.31. The molecule has 1 unspecified atom stereocenters. The third kappa shape index (κ3) is 7.40. The highest BCUT2D eigenvalue weighted by atomic mass is 32.2. The first-order valence-electron chi connectivity index (χ1n) is 9.50. The lowest BCUT2D eigenvalue weighted by Gasteiger charge is -2.37. The van der Waals surface area contributed by atoms with Crippen LogP contribution in [0.15, 0.2) is 0 Å². The van der Waals surface area contributed by atoms with Gasteiger partial charge in [0.2, 0.25) is 10.0 Å². The fraction of sp³-hybridized carbons (Fsp3) is 1.00. The van der Waals surface area contributed by atoms with Crippen molar-refractivity contribution < 1.29 is 8.42 Å². The van der Waals surface area contributed by atoms with Crippen LogP contribution in [0.2, 0.25) is 0 Å². The molecule has 0 aromatic rings. The minimum absolute atomic E-state index is 0.309. The summed E-state index contributed by atoms with van der Waals surface area (Å²) in [6.45, 7) is 16.3. The standard InChI is InChI=1S/C10H21NO2S.C9H19N/c1-10(2,3)9-5-7-11(8-6-9)14(4,12)13;1-9(2,3)8-6-4-5-7-10-8/h9H,5-8H2,1-4H3;8,10H,4-7H2,1-3H3. The number of piperidine rings is 2. The second-order valence-corrected chi connectivity index (χ2v) is 11.7. The lowest BCUT2D eigenvalue weighted by atomic mass is 9.76. The van der Waals surface area contributed by atoms with Crippen LogP contribution in [0, 0.1) is 16.7 Å². The van der Waals surface area contributed by atoms with Crippen molar-refractivity contribution in [1.82, 2.24) is 9.62 Å². The van der Waals surface area contributed by atoms with Crippen molar-refractivity contribution in [3.63, 3.8) is 0 Å². The Morgan fingerprint density at radius 2 is 1.42 bits per heavy atom. The van der Waals surface area contributed by atoms with Crippen LogP contribution in [0.5, 0.6) is 0 Å². The van der Waals surface area contributed by atoms with Gasteiger partial charge in [0, 0.05) is 19.1 Å². The molecule has 2 saturated heterocycles. The Labute approximate surface area is 150 Å². The Morgan fingerprint density at radius 3 is 1.71 bits per heavy atom. The van der Waals surface area contributed by atoms with Gasteiger partial charge >= 0.3 is 0 Å². The molecule has 0 spiro atoms. The topological polar surface area (TPSA) is 49.4 Å². The number of nitrogens with zero attached hydrogens (tertiary/aromatic N) is 1. The van der Waals surface area contributed by atoms with E-state index in [0.717, 1.165) is 18.9 Å². The van der Waals surface area contributed by atoms with Crippen LogP contribution in [0.4, 0.5) is 0 Å². The van der Waals surface area contributed by atoms with Gasteiger partial charge in [0.1, 0.15) is 0 Å². The minimum atomic E-state index is -2.96. The zero-order chi connectivity index (χ0) is 18.6. The van der Waals surface area contributed by atoms with Crippen LogP contribution in [-0.4, -0.2) is 44.7 Å². The van der Waals surface area contributed by atoms with Gasteiger partial charge in [0.05, 0.1) is 6.26 Å². The molecule has 0 radical (unpaired) electrons. The van der Waals surface area contributed by atoms with E-state index in [1.807, 2.05) is 0 Å². The second kappa shape index (κ2) is 8.50. The fourth-order valence-electron chi connectivity index (χ4n) is 3.64. The first-order chi connectivity index (χ1) is 10.8. The predicted molar refractivity (Wildman–Crippen MR) is 104 cm³/mol. The number of hydrogen-bond donors (Lipinski definition) is 1. The molecule has 0 bridgehead atoms. The molecule has 5 heteroatoms. The van der Waals surface area contributed by atoms with Crippen LogP contribution < -0.4 is 5.32 Å². The highest BCUT2D eigenvalue weighted by Crippen LogP contribution is 2.34. The molecule has 144 valence electrons. The van der Waals surface area contributed by atoms with Gasteiger partial charge in [-0.05, 0) is 49.0 Å². The van der Waals surface area contributed by atoms with Crippen molar-refractivity contribution in [3.05, 3.63) is 0 Å². The normalized spacial score (nSPS) is 25.0. The van der Waals surface area contributed by atoms with Crippen LogP contribution in [0.25, 0.3) is 0 Å². The molecule has 2 fully saturated rings. The molecular formula is C19H40N2O2S. The zero-order valence-electron chi connectivity index (χ0n) is 17.0. The summed E-state index contributed by atoms with van der Waals surface area (Å²) in [5.74, 6) is 0.653. The molecule has 0 aliphatic carbocycles. The van der Waals surface area contributed by atoms with Gasteiger partial charge < -0.3 is 5.32 Å². The summed E-state index contributed by atoms with van der Waals surface area (Å²) in [7, 11) is -2.96. The van der Waals surface area contributed by atoms with E-state index in [1.165, 1.54) is 32.1 Å². The number of hydrogen-bond acceptors (Lipinski definition) is 3. The Kier molecular flexibility index (Phi) is 7.76. The Bertz CT molecular complexity index is 461. The summed E-state index contributed by atoms with van der Waals surface area (Å²) < 4.78 is 24.1. The van der Waals surface area contributed by atoms with Gasteiger partial charge in [-0.3, -0.25) is 0 Å². The van der Waals surface area contributed by atoms with Gasteiger partial charge in [0.15, 0.2) is 0 Å². The van der Waals surface area contributed by atoms with Crippen LogP contribution in [-0.2, 0) is 10.0 Å². The maximum atomic E-state index is 11.3. The zero-order valence-corrected chi connectivity index (χ0v) is 17.8. The molecule has 1 N–H and O–H groups in total. The number of sulfonamides is 1. The maximum Gasteiger partial charge on any atom is 0.211 e. The van der Waals surface area contributed by atoms with Crippen molar-refractivity contribution in [1.29, 1.82) is 0 Å². The molecule has 0 amide bonds. The van der Waals surface area contributed by atoms with Crippen LogP contribution >= 0.6 is 0 Å². The maximum absolute atomic E-state index is 11.3. The average Bonchev–Trinajstić information content (AvgIpc) is 2.46. The van der Waals surface area contributed by atoms with E-state index in [0.29, 0.717) is 29.8 Å². The van der Waals surface area contributed by atoms with Crippen molar-refractivity contribution in [2.75, 3.05) is 25.9 Å². The Balaban J connectivity index is 0.000000254. The molecule has 2 aliphatic heterocycles. The summed E-state index contributed by atoms with van der Waals surface area (Å²) in [5.41, 5.74) is 0.768. The lowest BCUT2D eigenvalue weighted by Crippen LogP contribution is -2.43. The summed E-state index contributed by atoms with van der Waals surface area (Å²) in [6, 6.07) is 0.751. The summed E-state index contributed by atoms with van der Waals surface area (Å²) in [4.78, 5) is 0.